The number of amides is 1. The van der Waals surface area contributed by atoms with E-state index >= 15 is 0 Å². The van der Waals surface area contributed by atoms with Crippen molar-refractivity contribution in [3.8, 4) is 0 Å². The topological polar surface area (TPSA) is 130 Å². The van der Waals surface area contributed by atoms with E-state index in [1.807, 2.05) is 13.8 Å². The van der Waals surface area contributed by atoms with Gasteiger partial charge in [-0.05, 0) is 11.8 Å². The highest BCUT2D eigenvalue weighted by molar-refractivity contribution is 5.73. The van der Waals surface area contributed by atoms with Crippen LogP contribution < -0.4 is 5.32 Å². The Hall–Kier alpha value is -1.75. The first-order valence-corrected chi connectivity index (χ1v) is 9.27. The molecule has 28 heavy (non-hydrogen) atoms. The number of carbonyl (C=O) groups is 3. The summed E-state index contributed by atoms with van der Waals surface area (Å²) >= 11 is 0. The summed E-state index contributed by atoms with van der Waals surface area (Å²) in [5.41, 5.74) is 0. The van der Waals surface area contributed by atoms with Crippen LogP contribution in [0.15, 0.2) is 0 Å². The molecule has 10 nitrogen and oxygen atoms in total. The normalized spacial score (nSPS) is 27.2. The van der Waals surface area contributed by atoms with E-state index in [-0.39, 0.29) is 75.5 Å². The zero-order valence-electron chi connectivity index (χ0n) is 16.8. The lowest BCUT2D eigenvalue weighted by Gasteiger charge is -2.44. The Morgan fingerprint density at radius 2 is 1.64 bits per heavy atom. The van der Waals surface area contributed by atoms with Gasteiger partial charge in [-0.2, -0.15) is 0 Å². The van der Waals surface area contributed by atoms with Gasteiger partial charge in [0.15, 0.2) is 6.29 Å². The highest BCUT2D eigenvalue weighted by atomic mass is 16.7. The number of carbonyl (C=O) groups excluding carboxylic acids is 2. The molecular formula is C18H31NO9. The second kappa shape index (κ2) is 12.7. The first kappa shape index (κ1) is 24.3. The third-order valence-corrected chi connectivity index (χ3v) is 4.51. The predicted molar refractivity (Wildman–Crippen MR) is 96.5 cm³/mol. The molecule has 0 aliphatic carbocycles. The third-order valence-electron chi connectivity index (χ3n) is 4.51. The number of hydrogen-bond donors (Lipinski definition) is 2. The van der Waals surface area contributed by atoms with Crippen molar-refractivity contribution in [2.24, 2.45) is 11.8 Å². The van der Waals surface area contributed by atoms with Gasteiger partial charge in [0.2, 0.25) is 5.91 Å². The molecule has 1 aliphatic rings. The number of rotatable bonds is 12. The molecule has 0 spiro atoms. The first-order valence-electron chi connectivity index (χ1n) is 9.27. The second-order valence-corrected chi connectivity index (χ2v) is 6.72. The summed E-state index contributed by atoms with van der Waals surface area (Å²) in [6.07, 6.45) is -1.05. The van der Waals surface area contributed by atoms with E-state index in [9.17, 15) is 14.4 Å². The zero-order valence-corrected chi connectivity index (χ0v) is 16.8. The van der Waals surface area contributed by atoms with Crippen molar-refractivity contribution in [3.05, 3.63) is 0 Å². The minimum absolute atomic E-state index is 0.0357. The molecule has 0 saturated carbocycles. The molecule has 0 aromatic heterocycles. The minimum atomic E-state index is -1.03. The molecule has 1 fully saturated rings. The van der Waals surface area contributed by atoms with Crippen LogP contribution >= 0.6 is 0 Å². The minimum Gasteiger partial charge on any atom is -0.480 e. The number of carboxylic acid groups (broad SMARTS) is 1. The average Bonchev–Trinajstić information content (AvgIpc) is 2.61. The van der Waals surface area contributed by atoms with Crippen molar-refractivity contribution in [2.45, 2.75) is 46.1 Å². The van der Waals surface area contributed by atoms with Crippen LogP contribution in [0.1, 0.15) is 27.7 Å². The molecule has 0 bridgehead atoms. The van der Waals surface area contributed by atoms with E-state index in [1.54, 1.807) is 0 Å². The van der Waals surface area contributed by atoms with E-state index in [1.165, 1.54) is 13.8 Å². The number of nitrogens with one attached hydrogen (secondary N) is 1. The van der Waals surface area contributed by atoms with Gasteiger partial charge in [0.25, 0.3) is 0 Å². The lowest BCUT2D eigenvalue weighted by Crippen LogP contribution is -2.58. The Balaban J connectivity index is 2.48. The number of aliphatic carboxylic acids is 1. The van der Waals surface area contributed by atoms with Crippen molar-refractivity contribution >= 4 is 17.8 Å². The summed E-state index contributed by atoms with van der Waals surface area (Å²) in [5.74, 6) is -1.53. The van der Waals surface area contributed by atoms with Crippen LogP contribution in [0.25, 0.3) is 0 Å². The summed E-state index contributed by atoms with van der Waals surface area (Å²) in [6, 6.07) is -0.347. The Labute approximate surface area is 164 Å². The standard InChI is InChI=1S/C18H31NO9/c1-11-12(2)17(19-13(3)20)18(28-15(11)9-27-14(4)21)26-8-7-24-5-6-25-10-16(22)23/h11-12,15,17-18H,5-10H2,1-4H3,(H,19,20)(H,22,23). The van der Waals surface area contributed by atoms with Gasteiger partial charge in [0.1, 0.15) is 13.2 Å². The number of ether oxygens (including phenoxy) is 5. The van der Waals surface area contributed by atoms with E-state index < -0.39 is 12.3 Å². The summed E-state index contributed by atoms with van der Waals surface area (Å²) in [4.78, 5) is 33.0. The Morgan fingerprint density at radius 3 is 2.25 bits per heavy atom. The SMILES string of the molecule is CC(=O)NC1C(OCCOCCOCC(=O)O)OC(COC(C)=O)C(C)C1C. The molecule has 0 aromatic carbocycles. The van der Waals surface area contributed by atoms with Crippen LogP contribution in [0.3, 0.4) is 0 Å². The van der Waals surface area contributed by atoms with Gasteiger partial charge in [0.05, 0.1) is 38.6 Å². The van der Waals surface area contributed by atoms with Gasteiger partial charge in [-0.1, -0.05) is 13.8 Å². The van der Waals surface area contributed by atoms with E-state index in [4.69, 9.17) is 28.8 Å². The molecule has 1 saturated heterocycles. The van der Waals surface area contributed by atoms with Crippen LogP contribution in [0.5, 0.6) is 0 Å². The van der Waals surface area contributed by atoms with Gasteiger partial charge in [-0.3, -0.25) is 9.59 Å². The number of carboxylic acids is 1. The molecular weight excluding hydrogens is 374 g/mol. The molecule has 1 aliphatic heterocycles. The fraction of sp³-hybridized carbons (Fsp3) is 0.833. The maximum Gasteiger partial charge on any atom is 0.329 e. The van der Waals surface area contributed by atoms with Crippen LogP contribution in [-0.2, 0) is 38.1 Å². The first-order chi connectivity index (χ1) is 13.2. The zero-order chi connectivity index (χ0) is 21.1. The van der Waals surface area contributed by atoms with E-state index in [2.05, 4.69) is 5.32 Å². The highest BCUT2D eigenvalue weighted by Crippen LogP contribution is 2.31. The molecule has 5 unspecified atom stereocenters. The van der Waals surface area contributed by atoms with Crippen LogP contribution in [-0.4, -0.2) is 81.0 Å². The second-order valence-electron chi connectivity index (χ2n) is 6.72. The maximum atomic E-state index is 11.6. The Bertz CT molecular complexity index is 511. The lowest BCUT2D eigenvalue weighted by atomic mass is 9.82. The van der Waals surface area contributed by atoms with E-state index in [0.717, 1.165) is 0 Å². The number of esters is 1. The molecule has 0 aromatic rings. The Morgan fingerprint density at radius 1 is 1.00 bits per heavy atom. The molecule has 5 atom stereocenters. The summed E-state index contributed by atoms with van der Waals surface area (Å²) in [5, 5.41) is 11.3. The van der Waals surface area contributed by atoms with Gasteiger partial charge in [-0.25, -0.2) is 4.79 Å². The molecule has 0 radical (unpaired) electrons. The number of hydrogen-bond acceptors (Lipinski definition) is 8. The third kappa shape index (κ3) is 8.96. The van der Waals surface area contributed by atoms with Gasteiger partial charge >= 0.3 is 11.9 Å². The van der Waals surface area contributed by atoms with Crippen LogP contribution in [0, 0.1) is 11.8 Å². The molecule has 1 rings (SSSR count). The maximum absolute atomic E-state index is 11.6. The van der Waals surface area contributed by atoms with Crippen molar-refractivity contribution in [1.82, 2.24) is 5.32 Å². The van der Waals surface area contributed by atoms with Crippen molar-refractivity contribution in [3.63, 3.8) is 0 Å². The average molecular weight is 405 g/mol. The smallest absolute Gasteiger partial charge is 0.329 e. The van der Waals surface area contributed by atoms with Crippen molar-refractivity contribution in [2.75, 3.05) is 39.6 Å². The molecule has 2 N–H and O–H groups in total. The summed E-state index contributed by atoms with van der Waals surface area (Å²) < 4.78 is 27.0. The van der Waals surface area contributed by atoms with Crippen molar-refractivity contribution < 1.29 is 43.2 Å². The highest BCUT2D eigenvalue weighted by Gasteiger charge is 2.42. The monoisotopic (exact) mass is 405 g/mol. The van der Waals surface area contributed by atoms with Crippen LogP contribution in [0.4, 0.5) is 0 Å². The predicted octanol–water partition coefficient (Wildman–Crippen LogP) is 0.186. The fourth-order valence-corrected chi connectivity index (χ4v) is 2.86. The quantitative estimate of drug-likeness (QED) is 0.345. The van der Waals surface area contributed by atoms with Gasteiger partial charge < -0.3 is 34.1 Å². The lowest BCUT2D eigenvalue weighted by molar-refractivity contribution is -0.247. The van der Waals surface area contributed by atoms with Crippen LogP contribution in [0.2, 0.25) is 0 Å². The largest absolute Gasteiger partial charge is 0.480 e. The molecule has 1 amide bonds. The Kier molecular flexibility index (Phi) is 11.0. The molecule has 10 heteroatoms. The van der Waals surface area contributed by atoms with E-state index in [0.29, 0.717) is 0 Å². The van der Waals surface area contributed by atoms with Gasteiger partial charge in [-0.15, -0.1) is 0 Å². The van der Waals surface area contributed by atoms with Crippen molar-refractivity contribution in [1.29, 1.82) is 0 Å². The summed E-state index contributed by atoms with van der Waals surface area (Å²) in [6.45, 7) is 7.34. The molecule has 162 valence electrons. The summed E-state index contributed by atoms with van der Waals surface area (Å²) in [7, 11) is 0. The molecule has 1 heterocycles. The van der Waals surface area contributed by atoms with Gasteiger partial charge in [0, 0.05) is 13.8 Å². The fourth-order valence-electron chi connectivity index (χ4n) is 2.86.